The Bertz CT molecular complexity index is 1300. The maximum absolute atomic E-state index is 11.9. The molecule has 4 aromatic carbocycles. The van der Waals surface area contributed by atoms with Gasteiger partial charge in [-0.25, -0.2) is 4.79 Å². The molecule has 0 spiro atoms. The zero-order chi connectivity index (χ0) is 29.4. The number of rotatable bonds is 17. The van der Waals surface area contributed by atoms with E-state index in [1.807, 2.05) is 24.3 Å². The Morgan fingerprint density at radius 3 is 1.93 bits per heavy atom. The van der Waals surface area contributed by atoms with Gasteiger partial charge in [0, 0.05) is 13.1 Å². The van der Waals surface area contributed by atoms with Crippen molar-refractivity contribution >= 4 is 5.97 Å². The molecule has 1 unspecified atom stereocenters. The van der Waals surface area contributed by atoms with Gasteiger partial charge < -0.3 is 9.47 Å². The molecular weight excluding hydrogens is 518 g/mol. The third kappa shape index (κ3) is 10.3. The largest absolute Gasteiger partial charge is 0.465 e. The number of hydrogen-bond donors (Lipinski definition) is 0. The number of hydrogen-bond acceptors (Lipinski definition) is 4. The molecule has 4 heteroatoms. The monoisotopic (exact) mass is 563 g/mol. The number of nitrogens with zero attached hydrogens (tertiary/aromatic N) is 1. The van der Waals surface area contributed by atoms with Gasteiger partial charge >= 0.3 is 5.97 Å². The van der Waals surface area contributed by atoms with Gasteiger partial charge in [0.05, 0.1) is 25.4 Å². The third-order valence-corrected chi connectivity index (χ3v) is 7.72. The molecule has 0 aliphatic rings. The summed E-state index contributed by atoms with van der Waals surface area (Å²) in [6.45, 7) is 5.41. The van der Waals surface area contributed by atoms with Crippen LogP contribution in [0.5, 0.6) is 0 Å². The van der Waals surface area contributed by atoms with Crippen LogP contribution in [0, 0.1) is 0 Å². The van der Waals surface area contributed by atoms with Crippen molar-refractivity contribution in [1.29, 1.82) is 0 Å². The van der Waals surface area contributed by atoms with Gasteiger partial charge in [0.25, 0.3) is 0 Å². The van der Waals surface area contributed by atoms with Crippen LogP contribution in [0.25, 0.3) is 0 Å². The standard InChI is InChI=1S/C38H45NO3/c1-3-4-5-12-27-39(28-33-23-25-36(26-24-33)38(40)41-2)29-37(35-15-10-7-11-16-35)42-30-34-21-19-32(20-22-34)18-17-31-13-8-6-9-14-31/h6-11,13-16,19-26,37H,3-5,12,17-18,27-30H2,1-2H3. The number of benzene rings is 4. The van der Waals surface area contributed by atoms with E-state index in [-0.39, 0.29) is 12.1 Å². The number of methoxy groups -OCH3 is 1. The Morgan fingerprint density at radius 2 is 1.29 bits per heavy atom. The van der Waals surface area contributed by atoms with Crippen molar-refractivity contribution < 1.29 is 14.3 Å². The second-order valence-corrected chi connectivity index (χ2v) is 11.0. The number of ether oxygens (including phenoxy) is 2. The topological polar surface area (TPSA) is 38.8 Å². The van der Waals surface area contributed by atoms with Gasteiger partial charge in [0.1, 0.15) is 0 Å². The van der Waals surface area contributed by atoms with Crippen molar-refractivity contribution in [3.63, 3.8) is 0 Å². The van der Waals surface area contributed by atoms with E-state index >= 15 is 0 Å². The van der Waals surface area contributed by atoms with Gasteiger partial charge in [-0.15, -0.1) is 0 Å². The lowest BCUT2D eigenvalue weighted by Crippen LogP contribution is -2.30. The number of unbranched alkanes of at least 4 members (excludes halogenated alkanes) is 3. The summed E-state index contributed by atoms with van der Waals surface area (Å²) in [4.78, 5) is 14.4. The van der Waals surface area contributed by atoms with Crippen molar-refractivity contribution in [2.45, 2.75) is 64.7 Å². The van der Waals surface area contributed by atoms with Crippen molar-refractivity contribution in [3.8, 4) is 0 Å². The van der Waals surface area contributed by atoms with Crippen molar-refractivity contribution in [2.75, 3.05) is 20.2 Å². The molecule has 0 aliphatic carbocycles. The fourth-order valence-electron chi connectivity index (χ4n) is 5.21. The predicted octanol–water partition coefficient (Wildman–Crippen LogP) is 8.60. The second kappa shape index (κ2) is 17.3. The molecule has 0 aliphatic heterocycles. The highest BCUT2D eigenvalue weighted by atomic mass is 16.5. The maximum atomic E-state index is 11.9. The Balaban J connectivity index is 1.41. The summed E-state index contributed by atoms with van der Waals surface area (Å²) in [5, 5.41) is 0. The Morgan fingerprint density at radius 1 is 0.690 bits per heavy atom. The van der Waals surface area contributed by atoms with Gasteiger partial charge in [-0.3, -0.25) is 4.90 Å². The first-order valence-electron chi connectivity index (χ1n) is 15.3. The lowest BCUT2D eigenvalue weighted by Gasteiger charge is -2.28. The summed E-state index contributed by atoms with van der Waals surface area (Å²) in [5.74, 6) is -0.306. The fourth-order valence-corrected chi connectivity index (χ4v) is 5.21. The smallest absolute Gasteiger partial charge is 0.337 e. The number of carbonyl (C=O) groups excluding carboxylic acids is 1. The summed E-state index contributed by atoms with van der Waals surface area (Å²) in [5.41, 5.74) is 6.85. The van der Waals surface area contributed by atoms with Crippen LogP contribution >= 0.6 is 0 Å². The highest BCUT2D eigenvalue weighted by molar-refractivity contribution is 5.89. The molecule has 42 heavy (non-hydrogen) atoms. The average molecular weight is 564 g/mol. The molecule has 0 radical (unpaired) electrons. The van der Waals surface area contributed by atoms with E-state index in [4.69, 9.17) is 9.47 Å². The first-order chi connectivity index (χ1) is 20.6. The second-order valence-electron chi connectivity index (χ2n) is 11.0. The van der Waals surface area contributed by atoms with E-state index in [1.54, 1.807) is 0 Å². The average Bonchev–Trinajstić information content (AvgIpc) is 3.05. The minimum Gasteiger partial charge on any atom is -0.465 e. The van der Waals surface area contributed by atoms with Gasteiger partial charge in [0.2, 0.25) is 0 Å². The minimum atomic E-state index is -0.306. The zero-order valence-electron chi connectivity index (χ0n) is 25.2. The van der Waals surface area contributed by atoms with Crippen LogP contribution in [-0.4, -0.2) is 31.1 Å². The molecule has 0 bridgehead atoms. The van der Waals surface area contributed by atoms with Crippen LogP contribution in [0.4, 0.5) is 0 Å². The van der Waals surface area contributed by atoms with E-state index in [0.717, 1.165) is 38.9 Å². The van der Waals surface area contributed by atoms with Gasteiger partial charge in [0.15, 0.2) is 0 Å². The molecule has 0 saturated carbocycles. The van der Waals surface area contributed by atoms with Crippen LogP contribution in [0.2, 0.25) is 0 Å². The van der Waals surface area contributed by atoms with Gasteiger partial charge in [-0.05, 0) is 65.8 Å². The SMILES string of the molecule is CCCCCCN(Cc1ccc(C(=O)OC)cc1)CC(OCc1ccc(CCc2ccccc2)cc1)c1ccccc1. The maximum Gasteiger partial charge on any atom is 0.337 e. The normalized spacial score (nSPS) is 11.9. The van der Waals surface area contributed by atoms with Crippen LogP contribution in [0.3, 0.4) is 0 Å². The van der Waals surface area contributed by atoms with Crippen molar-refractivity contribution in [3.05, 3.63) is 143 Å². The summed E-state index contributed by atoms with van der Waals surface area (Å²) in [6, 6.07) is 37.9. The molecule has 0 aromatic heterocycles. The summed E-state index contributed by atoms with van der Waals surface area (Å²) in [6.07, 6.45) is 6.88. The van der Waals surface area contributed by atoms with E-state index in [0.29, 0.717) is 12.2 Å². The quantitative estimate of drug-likeness (QED) is 0.0952. The highest BCUT2D eigenvalue weighted by Crippen LogP contribution is 2.23. The lowest BCUT2D eigenvalue weighted by molar-refractivity contribution is 0.0115. The fraction of sp³-hybridized carbons (Fsp3) is 0.342. The molecule has 4 rings (SSSR count). The van der Waals surface area contributed by atoms with E-state index in [1.165, 1.54) is 54.2 Å². The zero-order valence-corrected chi connectivity index (χ0v) is 25.2. The molecular formula is C38H45NO3. The first kappa shape index (κ1) is 31.2. The predicted molar refractivity (Wildman–Crippen MR) is 171 cm³/mol. The Labute approximate surface area is 252 Å². The van der Waals surface area contributed by atoms with Crippen LogP contribution < -0.4 is 0 Å². The van der Waals surface area contributed by atoms with E-state index < -0.39 is 0 Å². The molecule has 1 atom stereocenters. The van der Waals surface area contributed by atoms with Crippen LogP contribution in [0.15, 0.2) is 109 Å². The van der Waals surface area contributed by atoms with E-state index in [2.05, 4.69) is 96.8 Å². The van der Waals surface area contributed by atoms with Gasteiger partial charge in [-0.1, -0.05) is 123 Å². The minimum absolute atomic E-state index is 0.0514. The number of carbonyl (C=O) groups is 1. The van der Waals surface area contributed by atoms with Crippen LogP contribution in [0.1, 0.15) is 76.9 Å². The van der Waals surface area contributed by atoms with E-state index in [9.17, 15) is 4.79 Å². The molecule has 4 nitrogen and oxygen atoms in total. The third-order valence-electron chi connectivity index (χ3n) is 7.72. The van der Waals surface area contributed by atoms with Crippen LogP contribution in [-0.2, 0) is 35.5 Å². The highest BCUT2D eigenvalue weighted by Gasteiger charge is 2.18. The molecule has 0 N–H and O–H groups in total. The molecule has 4 aromatic rings. The molecule has 0 heterocycles. The Hall–Kier alpha value is -3.73. The lowest BCUT2D eigenvalue weighted by atomic mass is 10.0. The summed E-state index contributed by atoms with van der Waals surface area (Å²) >= 11 is 0. The molecule has 0 fully saturated rings. The summed E-state index contributed by atoms with van der Waals surface area (Å²) in [7, 11) is 1.42. The number of aryl methyl sites for hydroxylation is 2. The van der Waals surface area contributed by atoms with Gasteiger partial charge in [-0.2, -0.15) is 0 Å². The molecule has 220 valence electrons. The molecule has 0 amide bonds. The first-order valence-corrected chi connectivity index (χ1v) is 15.3. The number of esters is 1. The molecule has 0 saturated heterocycles. The Kier molecular flexibility index (Phi) is 12.8. The summed E-state index contributed by atoms with van der Waals surface area (Å²) < 4.78 is 11.5. The van der Waals surface area contributed by atoms with Crippen molar-refractivity contribution in [2.24, 2.45) is 0 Å². The van der Waals surface area contributed by atoms with Crippen molar-refractivity contribution in [1.82, 2.24) is 4.90 Å².